The molecule has 1 N–H and O–H groups in total. The zero-order valence-electron chi connectivity index (χ0n) is 13.7. The molecule has 1 aliphatic heterocycles. The predicted octanol–water partition coefficient (Wildman–Crippen LogP) is 2.88. The van der Waals surface area contributed by atoms with E-state index in [1.165, 1.54) is 24.3 Å². The molecule has 0 spiro atoms. The number of nitrogens with zero attached hydrogens (tertiary/aromatic N) is 1. The molecule has 1 atom stereocenters. The molecular formula is C19H18FNO4. The standard InChI is InChI=1S/C19H18FNO4/c1-12(25-17-6-4-16(20)5-7-17)18(22)21-9-8-13-2-3-14(19(23)24)10-15(13)11-21/h2-7,10,12H,8-9,11H2,1H3,(H,23,24). The van der Waals surface area contributed by atoms with Gasteiger partial charge in [-0.05, 0) is 60.9 Å². The van der Waals surface area contributed by atoms with Crippen LogP contribution in [0.5, 0.6) is 5.75 Å². The highest BCUT2D eigenvalue weighted by Crippen LogP contribution is 2.22. The van der Waals surface area contributed by atoms with Gasteiger partial charge in [0.15, 0.2) is 6.10 Å². The van der Waals surface area contributed by atoms with Gasteiger partial charge in [0, 0.05) is 13.1 Å². The van der Waals surface area contributed by atoms with Crippen molar-refractivity contribution in [1.29, 1.82) is 0 Å². The van der Waals surface area contributed by atoms with Crippen LogP contribution in [0, 0.1) is 5.82 Å². The quantitative estimate of drug-likeness (QED) is 0.927. The summed E-state index contributed by atoms with van der Waals surface area (Å²) in [6.45, 7) is 2.55. The second-order valence-electron chi connectivity index (χ2n) is 6.01. The van der Waals surface area contributed by atoms with Gasteiger partial charge in [0.05, 0.1) is 5.56 Å². The maximum absolute atomic E-state index is 12.9. The van der Waals surface area contributed by atoms with E-state index in [-0.39, 0.29) is 17.3 Å². The summed E-state index contributed by atoms with van der Waals surface area (Å²) in [6.07, 6.45) is -0.0424. The Morgan fingerprint density at radius 2 is 1.88 bits per heavy atom. The summed E-state index contributed by atoms with van der Waals surface area (Å²) in [5, 5.41) is 9.11. The summed E-state index contributed by atoms with van der Waals surface area (Å²) in [7, 11) is 0. The normalized spacial score (nSPS) is 14.6. The first kappa shape index (κ1) is 17.0. The lowest BCUT2D eigenvalue weighted by Crippen LogP contribution is -2.43. The number of hydrogen-bond donors (Lipinski definition) is 1. The lowest BCUT2D eigenvalue weighted by molar-refractivity contribution is -0.138. The van der Waals surface area contributed by atoms with Crippen LogP contribution >= 0.6 is 0 Å². The molecule has 0 saturated heterocycles. The predicted molar refractivity (Wildman–Crippen MR) is 89.0 cm³/mol. The van der Waals surface area contributed by atoms with Gasteiger partial charge in [-0.15, -0.1) is 0 Å². The number of halogens is 1. The fourth-order valence-electron chi connectivity index (χ4n) is 2.90. The van der Waals surface area contributed by atoms with Crippen LogP contribution in [0.4, 0.5) is 4.39 Å². The topological polar surface area (TPSA) is 66.8 Å². The third-order valence-electron chi connectivity index (χ3n) is 4.25. The largest absolute Gasteiger partial charge is 0.481 e. The van der Waals surface area contributed by atoms with Gasteiger partial charge in [0.2, 0.25) is 0 Å². The third-order valence-corrected chi connectivity index (χ3v) is 4.25. The summed E-state index contributed by atoms with van der Waals surface area (Å²) in [5.74, 6) is -1.11. The van der Waals surface area contributed by atoms with E-state index >= 15 is 0 Å². The number of carboxylic acid groups (broad SMARTS) is 1. The van der Waals surface area contributed by atoms with E-state index in [9.17, 15) is 14.0 Å². The van der Waals surface area contributed by atoms with Gasteiger partial charge in [0.1, 0.15) is 11.6 Å². The molecule has 2 aromatic carbocycles. The Balaban J connectivity index is 1.69. The van der Waals surface area contributed by atoms with Crippen molar-refractivity contribution in [3.05, 3.63) is 65.0 Å². The molecule has 1 aliphatic rings. The van der Waals surface area contributed by atoms with Gasteiger partial charge in [-0.25, -0.2) is 9.18 Å². The Morgan fingerprint density at radius 3 is 2.56 bits per heavy atom. The Kier molecular flexibility index (Phi) is 4.70. The van der Waals surface area contributed by atoms with E-state index in [1.54, 1.807) is 30.0 Å². The molecule has 1 unspecified atom stereocenters. The maximum Gasteiger partial charge on any atom is 0.335 e. The third kappa shape index (κ3) is 3.79. The molecule has 25 heavy (non-hydrogen) atoms. The molecule has 6 heteroatoms. The molecule has 0 radical (unpaired) electrons. The van der Waals surface area contributed by atoms with Crippen LogP contribution in [0.25, 0.3) is 0 Å². The zero-order chi connectivity index (χ0) is 18.0. The van der Waals surface area contributed by atoms with Crippen LogP contribution in [0.15, 0.2) is 42.5 Å². The average molecular weight is 343 g/mol. The first-order valence-electron chi connectivity index (χ1n) is 8.00. The van der Waals surface area contributed by atoms with E-state index in [4.69, 9.17) is 9.84 Å². The van der Waals surface area contributed by atoms with Crippen LogP contribution < -0.4 is 4.74 Å². The van der Waals surface area contributed by atoms with Crippen molar-refractivity contribution in [2.24, 2.45) is 0 Å². The van der Waals surface area contributed by atoms with Crippen molar-refractivity contribution in [3.8, 4) is 5.75 Å². The molecule has 0 saturated carbocycles. The Bertz CT molecular complexity index is 804. The Morgan fingerprint density at radius 1 is 1.16 bits per heavy atom. The molecule has 0 aliphatic carbocycles. The van der Waals surface area contributed by atoms with Crippen LogP contribution in [-0.4, -0.2) is 34.5 Å². The summed E-state index contributed by atoms with van der Waals surface area (Å²) in [5.41, 5.74) is 2.11. The van der Waals surface area contributed by atoms with Crippen molar-refractivity contribution in [1.82, 2.24) is 4.90 Å². The monoisotopic (exact) mass is 343 g/mol. The molecule has 0 fully saturated rings. The summed E-state index contributed by atoms with van der Waals surface area (Å²) < 4.78 is 18.5. The Hall–Kier alpha value is -2.89. The molecule has 0 aromatic heterocycles. The molecule has 3 rings (SSSR count). The first-order valence-corrected chi connectivity index (χ1v) is 8.00. The average Bonchev–Trinajstić information content (AvgIpc) is 2.62. The van der Waals surface area contributed by atoms with Crippen LogP contribution in [-0.2, 0) is 17.8 Å². The van der Waals surface area contributed by atoms with Crippen molar-refractivity contribution in [2.75, 3.05) is 6.54 Å². The number of amides is 1. The lowest BCUT2D eigenvalue weighted by atomic mass is 9.97. The van der Waals surface area contributed by atoms with Gasteiger partial charge < -0.3 is 14.7 Å². The van der Waals surface area contributed by atoms with Gasteiger partial charge in [0.25, 0.3) is 5.91 Å². The van der Waals surface area contributed by atoms with Crippen LogP contribution in [0.2, 0.25) is 0 Å². The summed E-state index contributed by atoms with van der Waals surface area (Å²) in [6, 6.07) is 10.5. The van der Waals surface area contributed by atoms with E-state index in [0.29, 0.717) is 25.3 Å². The van der Waals surface area contributed by atoms with Crippen molar-refractivity contribution in [3.63, 3.8) is 0 Å². The molecule has 130 valence electrons. The van der Waals surface area contributed by atoms with E-state index in [1.807, 2.05) is 0 Å². The highest BCUT2D eigenvalue weighted by Gasteiger charge is 2.26. The molecule has 1 heterocycles. The fourth-order valence-corrected chi connectivity index (χ4v) is 2.90. The number of benzene rings is 2. The summed E-state index contributed by atoms with van der Waals surface area (Å²) >= 11 is 0. The van der Waals surface area contributed by atoms with Gasteiger partial charge in [-0.3, -0.25) is 4.79 Å². The minimum Gasteiger partial charge on any atom is -0.481 e. The molecular weight excluding hydrogens is 325 g/mol. The number of carbonyl (C=O) groups excluding carboxylic acids is 1. The van der Waals surface area contributed by atoms with Crippen molar-refractivity contribution < 1.29 is 23.8 Å². The molecule has 1 amide bonds. The number of aromatic carboxylic acids is 1. The number of ether oxygens (including phenoxy) is 1. The van der Waals surface area contributed by atoms with Gasteiger partial charge in [-0.1, -0.05) is 6.07 Å². The molecule has 5 nitrogen and oxygen atoms in total. The number of hydrogen-bond acceptors (Lipinski definition) is 3. The second-order valence-corrected chi connectivity index (χ2v) is 6.01. The minimum atomic E-state index is -0.987. The van der Waals surface area contributed by atoms with Crippen molar-refractivity contribution >= 4 is 11.9 Å². The number of carboxylic acids is 1. The van der Waals surface area contributed by atoms with Crippen molar-refractivity contribution in [2.45, 2.75) is 26.0 Å². The summed E-state index contributed by atoms with van der Waals surface area (Å²) in [4.78, 5) is 25.4. The SMILES string of the molecule is CC(Oc1ccc(F)cc1)C(=O)N1CCc2ccc(C(=O)O)cc2C1. The number of carbonyl (C=O) groups is 2. The Labute approximate surface area is 144 Å². The zero-order valence-corrected chi connectivity index (χ0v) is 13.7. The highest BCUT2D eigenvalue weighted by molar-refractivity contribution is 5.88. The molecule has 0 bridgehead atoms. The highest BCUT2D eigenvalue weighted by atomic mass is 19.1. The smallest absolute Gasteiger partial charge is 0.335 e. The van der Waals surface area contributed by atoms with Crippen LogP contribution in [0.3, 0.4) is 0 Å². The second kappa shape index (κ2) is 6.93. The first-order chi connectivity index (χ1) is 11.9. The van der Waals surface area contributed by atoms with Gasteiger partial charge >= 0.3 is 5.97 Å². The van der Waals surface area contributed by atoms with E-state index in [0.717, 1.165) is 11.1 Å². The maximum atomic E-state index is 12.9. The van der Waals surface area contributed by atoms with E-state index in [2.05, 4.69) is 0 Å². The van der Waals surface area contributed by atoms with E-state index < -0.39 is 12.1 Å². The minimum absolute atomic E-state index is 0.185. The fraction of sp³-hybridized carbons (Fsp3) is 0.263. The number of rotatable bonds is 4. The van der Waals surface area contributed by atoms with Crippen LogP contribution in [0.1, 0.15) is 28.4 Å². The molecule has 2 aromatic rings. The van der Waals surface area contributed by atoms with Gasteiger partial charge in [-0.2, -0.15) is 0 Å². The number of fused-ring (bicyclic) bond motifs is 1. The lowest BCUT2D eigenvalue weighted by Gasteiger charge is -2.31.